The lowest BCUT2D eigenvalue weighted by Crippen LogP contribution is -2.23. The highest BCUT2D eigenvalue weighted by Gasteiger charge is 2.31. The van der Waals surface area contributed by atoms with Gasteiger partial charge in [-0.1, -0.05) is 31.9 Å². The van der Waals surface area contributed by atoms with Gasteiger partial charge in [-0.25, -0.2) is 13.2 Å². The van der Waals surface area contributed by atoms with Crippen molar-refractivity contribution in [3.63, 3.8) is 0 Å². The monoisotopic (exact) mass is 322 g/mol. The molecule has 0 radical (unpaired) electrons. The highest BCUT2D eigenvalue weighted by atomic mass is 19.2. The molecule has 3 rings (SSSR count). The van der Waals surface area contributed by atoms with E-state index in [4.69, 9.17) is 0 Å². The Morgan fingerprint density at radius 2 is 1.57 bits per heavy atom. The van der Waals surface area contributed by atoms with Crippen LogP contribution in [0.25, 0.3) is 5.57 Å². The van der Waals surface area contributed by atoms with E-state index in [-0.39, 0.29) is 17.0 Å². The first-order chi connectivity index (χ1) is 11.0. The van der Waals surface area contributed by atoms with Gasteiger partial charge in [-0.05, 0) is 61.5 Å². The van der Waals surface area contributed by atoms with E-state index in [1.165, 1.54) is 44.7 Å². The molecule has 0 heterocycles. The van der Waals surface area contributed by atoms with Crippen LogP contribution in [0.15, 0.2) is 18.0 Å². The summed E-state index contributed by atoms with van der Waals surface area (Å²) in [5, 5.41) is 0. The Morgan fingerprint density at radius 3 is 2.22 bits per heavy atom. The predicted octanol–water partition coefficient (Wildman–Crippen LogP) is 6.58. The fourth-order valence-electron chi connectivity index (χ4n) is 4.24. The third-order valence-electron chi connectivity index (χ3n) is 5.86. The molecule has 126 valence electrons. The Morgan fingerprint density at radius 1 is 0.870 bits per heavy atom. The highest BCUT2D eigenvalue weighted by Crippen LogP contribution is 2.44. The zero-order valence-corrected chi connectivity index (χ0v) is 14.0. The van der Waals surface area contributed by atoms with Crippen molar-refractivity contribution in [1.82, 2.24) is 0 Å². The van der Waals surface area contributed by atoms with Crippen LogP contribution in [0, 0.1) is 36.3 Å². The molecule has 0 N–H and O–H groups in total. The van der Waals surface area contributed by atoms with Gasteiger partial charge in [-0.3, -0.25) is 0 Å². The number of aryl methyl sites for hydroxylation is 1. The van der Waals surface area contributed by atoms with Crippen molar-refractivity contribution in [2.24, 2.45) is 17.8 Å². The summed E-state index contributed by atoms with van der Waals surface area (Å²) >= 11 is 0. The standard InChI is InChI=1S/C20H25F3/c1-12-3-6-14(7-4-12)15-8-10-16(18(21)11-15)17-9-5-13(2)19(22)20(17)23/h5,9,12,14-15H,3-4,6-8,10-11H2,1-2H3. The summed E-state index contributed by atoms with van der Waals surface area (Å²) in [5.41, 5.74) is 0.750. The van der Waals surface area contributed by atoms with Crippen molar-refractivity contribution in [2.75, 3.05) is 0 Å². The van der Waals surface area contributed by atoms with Gasteiger partial charge in [0.25, 0.3) is 0 Å². The van der Waals surface area contributed by atoms with Crippen molar-refractivity contribution in [2.45, 2.75) is 58.8 Å². The summed E-state index contributed by atoms with van der Waals surface area (Å²) in [7, 11) is 0. The van der Waals surface area contributed by atoms with Gasteiger partial charge in [0.2, 0.25) is 0 Å². The van der Waals surface area contributed by atoms with Crippen LogP contribution in [-0.2, 0) is 0 Å². The van der Waals surface area contributed by atoms with Crippen LogP contribution in [0.4, 0.5) is 13.2 Å². The molecule has 0 bridgehead atoms. The lowest BCUT2D eigenvalue weighted by atomic mass is 9.71. The molecule has 1 aromatic carbocycles. The first kappa shape index (κ1) is 16.6. The molecule has 1 aromatic rings. The van der Waals surface area contributed by atoms with Gasteiger partial charge >= 0.3 is 0 Å². The maximum absolute atomic E-state index is 14.6. The minimum Gasteiger partial charge on any atom is -0.211 e. The van der Waals surface area contributed by atoms with E-state index in [0.29, 0.717) is 30.3 Å². The molecule has 0 aromatic heterocycles. The van der Waals surface area contributed by atoms with Gasteiger partial charge in [0, 0.05) is 12.0 Å². The van der Waals surface area contributed by atoms with Crippen molar-refractivity contribution >= 4 is 5.57 Å². The topological polar surface area (TPSA) is 0 Å². The lowest BCUT2D eigenvalue weighted by Gasteiger charge is -2.35. The second kappa shape index (κ2) is 6.70. The summed E-state index contributed by atoms with van der Waals surface area (Å²) in [6.07, 6.45) is 6.63. The van der Waals surface area contributed by atoms with Gasteiger partial charge in [0.1, 0.15) is 5.83 Å². The first-order valence-corrected chi connectivity index (χ1v) is 8.79. The zero-order chi connectivity index (χ0) is 16.6. The zero-order valence-electron chi connectivity index (χ0n) is 14.0. The van der Waals surface area contributed by atoms with Gasteiger partial charge in [0.05, 0.1) is 0 Å². The third-order valence-corrected chi connectivity index (χ3v) is 5.86. The van der Waals surface area contributed by atoms with Gasteiger partial charge in [-0.15, -0.1) is 0 Å². The van der Waals surface area contributed by atoms with E-state index in [1.807, 2.05) is 0 Å². The number of rotatable bonds is 2. The summed E-state index contributed by atoms with van der Waals surface area (Å²) in [4.78, 5) is 0. The fourth-order valence-corrected chi connectivity index (χ4v) is 4.24. The molecule has 1 saturated carbocycles. The summed E-state index contributed by atoms with van der Waals surface area (Å²) in [6, 6.07) is 3.05. The number of benzene rings is 1. The fraction of sp³-hybridized carbons (Fsp3) is 0.600. The van der Waals surface area contributed by atoms with Crippen molar-refractivity contribution < 1.29 is 13.2 Å². The van der Waals surface area contributed by atoms with Gasteiger partial charge in [-0.2, -0.15) is 0 Å². The minimum absolute atomic E-state index is 0.112. The van der Waals surface area contributed by atoms with Crippen LogP contribution in [0.5, 0.6) is 0 Å². The Hall–Kier alpha value is -1.25. The molecular formula is C20H25F3. The average molecular weight is 322 g/mol. The highest BCUT2D eigenvalue weighted by molar-refractivity contribution is 5.69. The Balaban J connectivity index is 1.78. The first-order valence-electron chi connectivity index (χ1n) is 8.79. The Kier molecular flexibility index (Phi) is 4.84. The van der Waals surface area contributed by atoms with Crippen molar-refractivity contribution in [1.29, 1.82) is 0 Å². The molecule has 1 unspecified atom stereocenters. The molecule has 3 heteroatoms. The predicted molar refractivity (Wildman–Crippen MR) is 87.6 cm³/mol. The van der Waals surface area contributed by atoms with Crippen LogP contribution in [0.2, 0.25) is 0 Å². The molecule has 1 atom stereocenters. The number of hydrogen-bond acceptors (Lipinski definition) is 0. The maximum atomic E-state index is 14.6. The van der Waals surface area contributed by atoms with Crippen molar-refractivity contribution in [3.8, 4) is 0 Å². The molecule has 2 aliphatic carbocycles. The largest absolute Gasteiger partial charge is 0.211 e. The van der Waals surface area contributed by atoms with E-state index in [0.717, 1.165) is 12.3 Å². The van der Waals surface area contributed by atoms with E-state index in [2.05, 4.69) is 6.92 Å². The SMILES string of the molecule is Cc1ccc(C2=C(F)CC(C3CCC(C)CC3)CC2)c(F)c1F. The smallest absolute Gasteiger partial charge is 0.166 e. The van der Waals surface area contributed by atoms with Crippen LogP contribution in [0.3, 0.4) is 0 Å². The molecule has 2 aliphatic rings. The molecular weight excluding hydrogens is 297 g/mol. The molecule has 0 saturated heterocycles. The quantitative estimate of drug-likeness (QED) is 0.577. The molecule has 23 heavy (non-hydrogen) atoms. The molecule has 0 spiro atoms. The van der Waals surface area contributed by atoms with E-state index in [9.17, 15) is 13.2 Å². The second-order valence-corrected chi connectivity index (χ2v) is 7.46. The number of halogens is 3. The molecule has 0 aliphatic heterocycles. The maximum Gasteiger partial charge on any atom is 0.166 e. The normalized spacial score (nSPS) is 29.0. The van der Waals surface area contributed by atoms with Crippen molar-refractivity contribution in [3.05, 3.63) is 40.7 Å². The third kappa shape index (κ3) is 3.34. The van der Waals surface area contributed by atoms with Crippen LogP contribution < -0.4 is 0 Å². The summed E-state index contributed by atoms with van der Waals surface area (Å²) < 4.78 is 42.5. The average Bonchev–Trinajstić information content (AvgIpc) is 2.54. The molecule has 1 fully saturated rings. The molecule has 0 amide bonds. The van der Waals surface area contributed by atoms with E-state index in [1.54, 1.807) is 0 Å². The summed E-state index contributed by atoms with van der Waals surface area (Å²) in [6.45, 7) is 3.80. The van der Waals surface area contributed by atoms with Gasteiger partial charge in [0.15, 0.2) is 11.6 Å². The van der Waals surface area contributed by atoms with Gasteiger partial charge < -0.3 is 0 Å². The minimum atomic E-state index is -0.903. The Bertz CT molecular complexity index is 610. The second-order valence-electron chi connectivity index (χ2n) is 7.46. The Labute approximate surface area is 136 Å². The molecule has 0 nitrogen and oxygen atoms in total. The van der Waals surface area contributed by atoms with E-state index < -0.39 is 11.6 Å². The number of allylic oxidation sites excluding steroid dienone is 2. The lowest BCUT2D eigenvalue weighted by molar-refractivity contribution is 0.192. The van der Waals surface area contributed by atoms with Crippen LogP contribution in [-0.4, -0.2) is 0 Å². The van der Waals surface area contributed by atoms with Crippen LogP contribution >= 0.6 is 0 Å². The summed E-state index contributed by atoms with van der Waals surface area (Å²) in [5.74, 6) is -0.244. The van der Waals surface area contributed by atoms with E-state index >= 15 is 0 Å². The number of hydrogen-bond donors (Lipinski definition) is 0. The van der Waals surface area contributed by atoms with Crippen LogP contribution in [0.1, 0.15) is 63.0 Å².